The third-order valence-electron chi connectivity index (χ3n) is 7.41. The van der Waals surface area contributed by atoms with Gasteiger partial charge in [0.1, 0.15) is 0 Å². The van der Waals surface area contributed by atoms with Crippen LogP contribution in [0, 0.1) is 20.8 Å². The highest BCUT2D eigenvalue weighted by Crippen LogP contribution is 2.52. The van der Waals surface area contributed by atoms with Gasteiger partial charge in [-0.15, -0.1) is 0 Å². The molecule has 3 rings (SSSR count). The maximum absolute atomic E-state index is 14.0. The van der Waals surface area contributed by atoms with Crippen molar-refractivity contribution in [2.45, 2.75) is 59.3 Å². The second kappa shape index (κ2) is 15.8. The number of carboxylic acid groups (broad SMARTS) is 3. The molecule has 0 saturated heterocycles. The minimum Gasteiger partial charge on any atom is -0.481 e. The van der Waals surface area contributed by atoms with Crippen LogP contribution in [-0.4, -0.2) is 51.1 Å². The van der Waals surface area contributed by atoms with Gasteiger partial charge in [-0.1, -0.05) is 36.4 Å². The van der Waals surface area contributed by atoms with Crippen LogP contribution in [0.4, 0.5) is 0 Å². The first-order valence-corrected chi connectivity index (χ1v) is 15.8. The lowest BCUT2D eigenvalue weighted by Crippen LogP contribution is -2.17. The topological polar surface area (TPSA) is 208 Å². The van der Waals surface area contributed by atoms with Gasteiger partial charge in [0.05, 0.1) is 16.7 Å². The number of phosphoric ester groups is 1. The van der Waals surface area contributed by atoms with Crippen molar-refractivity contribution in [1.82, 2.24) is 0 Å². The first kappa shape index (κ1) is 36.2. The predicted octanol–water partition coefficient (Wildman–Crippen LogP) is 5.64. The summed E-state index contributed by atoms with van der Waals surface area (Å²) >= 11 is 0. The Balaban J connectivity index is 2.00. The molecule has 0 fully saturated rings. The predicted molar refractivity (Wildman–Crippen MR) is 165 cm³/mol. The zero-order valence-corrected chi connectivity index (χ0v) is 26.7. The molecule has 3 aromatic carbocycles. The van der Waals surface area contributed by atoms with Crippen LogP contribution >= 0.6 is 7.82 Å². The van der Waals surface area contributed by atoms with Crippen molar-refractivity contribution in [2.24, 2.45) is 0 Å². The molecular formula is C33H33O13P. The first-order chi connectivity index (χ1) is 22.1. The van der Waals surface area contributed by atoms with Crippen LogP contribution in [0.1, 0.15) is 83.7 Å². The molecule has 0 aromatic heterocycles. The minimum absolute atomic E-state index is 0.0684. The molecule has 0 saturated carbocycles. The molecule has 47 heavy (non-hydrogen) atoms. The van der Waals surface area contributed by atoms with E-state index in [0.717, 1.165) is 0 Å². The molecule has 0 aliphatic rings. The van der Waals surface area contributed by atoms with Crippen molar-refractivity contribution in [2.75, 3.05) is 0 Å². The number of carbonyl (C=O) groups excluding carboxylic acids is 3. The molecule has 0 radical (unpaired) electrons. The Hall–Kier alpha value is -5.29. The van der Waals surface area contributed by atoms with E-state index in [4.69, 9.17) is 28.9 Å². The molecule has 0 unspecified atom stereocenters. The summed E-state index contributed by atoms with van der Waals surface area (Å²) in [6.07, 6.45) is -0.495. The van der Waals surface area contributed by atoms with Gasteiger partial charge in [-0.05, 0) is 91.6 Å². The van der Waals surface area contributed by atoms with Gasteiger partial charge in [-0.2, -0.15) is 4.57 Å². The van der Waals surface area contributed by atoms with E-state index in [1.165, 1.54) is 57.2 Å². The number of aliphatic carboxylic acids is 3. The molecule has 0 bridgehead atoms. The van der Waals surface area contributed by atoms with Gasteiger partial charge in [0, 0.05) is 19.3 Å². The van der Waals surface area contributed by atoms with Gasteiger partial charge in [0.2, 0.25) is 0 Å². The van der Waals surface area contributed by atoms with Crippen LogP contribution in [0.3, 0.4) is 0 Å². The largest absolute Gasteiger partial charge is 0.654 e. The molecule has 248 valence electrons. The maximum atomic E-state index is 14.0. The molecule has 0 atom stereocenters. The Morgan fingerprint density at radius 3 is 1.00 bits per heavy atom. The Morgan fingerprint density at radius 2 is 0.766 bits per heavy atom. The van der Waals surface area contributed by atoms with Gasteiger partial charge < -0.3 is 28.9 Å². The van der Waals surface area contributed by atoms with Gasteiger partial charge in [-0.3, -0.25) is 14.4 Å². The zero-order chi connectivity index (χ0) is 34.9. The van der Waals surface area contributed by atoms with Gasteiger partial charge in [-0.25, -0.2) is 14.4 Å². The van der Waals surface area contributed by atoms with Gasteiger partial charge in [0.25, 0.3) is 0 Å². The summed E-state index contributed by atoms with van der Waals surface area (Å²) < 4.78 is 29.4. The van der Waals surface area contributed by atoms with Crippen LogP contribution in [0.15, 0.2) is 54.6 Å². The fourth-order valence-electron chi connectivity index (χ4n) is 4.76. The van der Waals surface area contributed by atoms with Crippen LogP contribution in [0.5, 0.6) is 0 Å². The molecule has 0 amide bonds. The van der Waals surface area contributed by atoms with Gasteiger partial charge in [0.15, 0.2) is 0 Å². The van der Waals surface area contributed by atoms with E-state index in [9.17, 15) is 33.3 Å². The molecule has 3 aromatic rings. The maximum Gasteiger partial charge on any atom is 0.654 e. The van der Waals surface area contributed by atoms with Crippen molar-refractivity contribution in [3.05, 3.63) is 105 Å². The van der Waals surface area contributed by atoms with E-state index >= 15 is 0 Å². The Bertz CT molecular complexity index is 1570. The lowest BCUT2D eigenvalue weighted by atomic mass is 9.99. The fourth-order valence-corrected chi connectivity index (χ4v) is 5.78. The standard InChI is InChI=1S/C33H33O13P/c1-19-22(13-16-28(34)35)7-4-10-25(19)31(40)44-47(43,45-32(41)26-11-5-8-23(20(26)2)14-17-29(36)37)46-33(42)27-12-6-9-24(21(27)3)15-18-30(38)39/h4-12H,13-18H2,1-3H3,(H,34,35)(H,36,37)(H,38,39). The monoisotopic (exact) mass is 668 g/mol. The molecule has 3 N–H and O–H groups in total. The Kier molecular flexibility index (Phi) is 12.2. The Labute approximate surface area is 269 Å². The third-order valence-corrected chi connectivity index (χ3v) is 8.57. The summed E-state index contributed by atoms with van der Waals surface area (Å²) in [7, 11) is -5.41. The summed E-state index contributed by atoms with van der Waals surface area (Å²) in [6, 6.07) is 13.0. The molecular weight excluding hydrogens is 635 g/mol. The number of aryl methyl sites for hydroxylation is 3. The Morgan fingerprint density at radius 1 is 0.511 bits per heavy atom. The molecule has 0 aliphatic carbocycles. The van der Waals surface area contributed by atoms with Crippen LogP contribution in [-0.2, 0) is 51.8 Å². The summed E-state index contributed by atoms with van der Waals surface area (Å²) in [5, 5.41) is 27.2. The molecule has 0 aliphatic heterocycles. The summed E-state index contributed by atoms with van der Waals surface area (Å²) in [4.78, 5) is 73.3. The number of carboxylic acids is 3. The fraction of sp³-hybridized carbons (Fsp3) is 0.273. The third kappa shape index (κ3) is 9.85. The second-order valence-corrected chi connectivity index (χ2v) is 12.0. The number of phosphoric acid groups is 1. The number of hydrogen-bond donors (Lipinski definition) is 3. The van der Waals surface area contributed by atoms with Crippen LogP contribution in [0.25, 0.3) is 0 Å². The van der Waals surface area contributed by atoms with E-state index in [2.05, 4.69) is 0 Å². The number of benzene rings is 3. The summed E-state index contributed by atoms with van der Waals surface area (Å²) in [5.74, 6) is -7.06. The smallest absolute Gasteiger partial charge is 0.481 e. The quantitative estimate of drug-likeness (QED) is 0.168. The summed E-state index contributed by atoms with van der Waals surface area (Å²) in [6.45, 7) is 4.53. The minimum atomic E-state index is -5.41. The summed E-state index contributed by atoms with van der Waals surface area (Å²) in [5.41, 5.74) is 1.87. The molecule has 13 nitrogen and oxygen atoms in total. The SMILES string of the molecule is Cc1c(CCC(=O)O)cccc1C(=O)OP(=O)(OC(=O)c1cccc(CCC(=O)O)c1C)OC(=O)c1cccc(CCC(=O)O)c1C. The average Bonchev–Trinajstić information content (AvgIpc) is 2.98. The number of rotatable bonds is 15. The van der Waals surface area contributed by atoms with Gasteiger partial charge >= 0.3 is 43.6 Å². The van der Waals surface area contributed by atoms with Crippen molar-refractivity contribution < 1.29 is 62.2 Å². The molecule has 0 spiro atoms. The number of hydrogen-bond acceptors (Lipinski definition) is 10. The lowest BCUT2D eigenvalue weighted by molar-refractivity contribution is -0.138. The average molecular weight is 669 g/mol. The highest BCUT2D eigenvalue weighted by atomic mass is 31.2. The van der Waals surface area contributed by atoms with E-state index in [0.29, 0.717) is 33.4 Å². The molecule has 14 heteroatoms. The van der Waals surface area contributed by atoms with E-state index < -0.39 is 43.6 Å². The van der Waals surface area contributed by atoms with Crippen molar-refractivity contribution in [1.29, 1.82) is 0 Å². The first-order valence-electron chi connectivity index (χ1n) is 14.3. The normalized spacial score (nSPS) is 11.0. The van der Waals surface area contributed by atoms with Crippen LogP contribution in [0.2, 0.25) is 0 Å². The van der Waals surface area contributed by atoms with Crippen molar-refractivity contribution in [3.8, 4) is 0 Å². The number of carbonyl (C=O) groups is 6. The van der Waals surface area contributed by atoms with E-state index in [1.807, 2.05) is 0 Å². The highest BCUT2D eigenvalue weighted by molar-refractivity contribution is 7.50. The van der Waals surface area contributed by atoms with E-state index in [-0.39, 0.29) is 55.2 Å². The molecule has 0 heterocycles. The zero-order valence-electron chi connectivity index (χ0n) is 25.8. The van der Waals surface area contributed by atoms with Crippen LogP contribution < -0.4 is 0 Å². The van der Waals surface area contributed by atoms with E-state index in [1.54, 1.807) is 18.2 Å². The second-order valence-electron chi connectivity index (χ2n) is 10.5. The van der Waals surface area contributed by atoms with Crippen molar-refractivity contribution >= 4 is 43.6 Å². The highest BCUT2D eigenvalue weighted by Gasteiger charge is 2.41. The lowest BCUT2D eigenvalue weighted by Gasteiger charge is -2.19. The van der Waals surface area contributed by atoms with Crippen molar-refractivity contribution in [3.63, 3.8) is 0 Å².